The molecule has 0 saturated carbocycles. The number of amides is 1. The number of carbonyl (C=O) groups excluding carboxylic acids is 1. The van der Waals surface area contributed by atoms with Crippen LogP contribution in [0.5, 0.6) is 0 Å². The molecule has 0 unspecified atom stereocenters. The average molecular weight is 365 g/mol. The third-order valence-electron chi connectivity index (χ3n) is 3.93. The molecule has 7 heteroatoms. The fourth-order valence-corrected chi connectivity index (χ4v) is 3.77. The zero-order chi connectivity index (χ0) is 17.2. The lowest BCUT2D eigenvalue weighted by molar-refractivity contribution is 0.0981. The summed E-state index contributed by atoms with van der Waals surface area (Å²) in [5, 5.41) is 0.429. The first-order valence-corrected chi connectivity index (χ1v) is 9.49. The molecule has 24 heavy (non-hydrogen) atoms. The summed E-state index contributed by atoms with van der Waals surface area (Å²) in [7, 11) is -3.93. The van der Waals surface area contributed by atoms with Crippen LogP contribution in [0.4, 0.5) is 5.69 Å². The topological polar surface area (TPSA) is 66.5 Å². The average Bonchev–Trinajstić information content (AvgIpc) is 3.09. The number of benzene rings is 2. The number of nitrogens with zero attached hydrogens (tertiary/aromatic N) is 1. The Morgan fingerprint density at radius 3 is 2.38 bits per heavy atom. The lowest BCUT2D eigenvalue weighted by Crippen LogP contribution is -2.30. The van der Waals surface area contributed by atoms with Crippen molar-refractivity contribution in [2.24, 2.45) is 0 Å². The minimum atomic E-state index is -3.93. The standard InChI is InChI=1S/C17H17ClN2O3S/c18-14-6-8-16(9-7-14)24(22,23)19-17(21)13-4-3-5-15(12-13)20-10-1-2-11-20/h3-9,12H,1-2,10-11H2,(H,19,21). The van der Waals surface area contributed by atoms with E-state index in [0.717, 1.165) is 31.6 Å². The van der Waals surface area contributed by atoms with Gasteiger partial charge < -0.3 is 4.90 Å². The zero-order valence-electron chi connectivity index (χ0n) is 12.9. The monoisotopic (exact) mass is 364 g/mol. The van der Waals surface area contributed by atoms with Gasteiger partial charge in [-0.1, -0.05) is 17.7 Å². The molecule has 0 spiro atoms. The van der Waals surface area contributed by atoms with Crippen LogP contribution >= 0.6 is 11.6 Å². The van der Waals surface area contributed by atoms with E-state index in [0.29, 0.717) is 10.6 Å². The van der Waals surface area contributed by atoms with Crippen LogP contribution in [0, 0.1) is 0 Å². The maximum Gasteiger partial charge on any atom is 0.265 e. The lowest BCUT2D eigenvalue weighted by Gasteiger charge is -2.18. The van der Waals surface area contributed by atoms with Crippen molar-refractivity contribution in [2.45, 2.75) is 17.7 Å². The molecule has 0 aliphatic carbocycles. The highest BCUT2D eigenvalue weighted by Gasteiger charge is 2.20. The van der Waals surface area contributed by atoms with Crippen molar-refractivity contribution in [3.63, 3.8) is 0 Å². The number of rotatable bonds is 4. The summed E-state index contributed by atoms with van der Waals surface area (Å²) in [6.45, 7) is 1.91. The molecule has 1 aliphatic heterocycles. The number of nitrogens with one attached hydrogen (secondary N) is 1. The first kappa shape index (κ1) is 16.8. The molecule has 1 fully saturated rings. The summed E-state index contributed by atoms with van der Waals surface area (Å²) < 4.78 is 26.7. The Morgan fingerprint density at radius 1 is 1.04 bits per heavy atom. The van der Waals surface area contributed by atoms with Crippen molar-refractivity contribution < 1.29 is 13.2 Å². The Hall–Kier alpha value is -2.05. The molecule has 5 nitrogen and oxygen atoms in total. The fraction of sp³-hybridized carbons (Fsp3) is 0.235. The molecule has 2 aromatic carbocycles. The summed E-state index contributed by atoms with van der Waals surface area (Å²) >= 11 is 5.76. The second-order valence-corrected chi connectivity index (χ2v) is 7.75. The first-order valence-electron chi connectivity index (χ1n) is 7.63. The van der Waals surface area contributed by atoms with E-state index >= 15 is 0 Å². The summed E-state index contributed by atoms with van der Waals surface area (Å²) in [5.41, 5.74) is 1.25. The Bertz CT molecular complexity index is 844. The van der Waals surface area contributed by atoms with Gasteiger partial charge >= 0.3 is 0 Å². The van der Waals surface area contributed by atoms with Crippen molar-refractivity contribution in [1.82, 2.24) is 4.72 Å². The van der Waals surface area contributed by atoms with Gasteiger partial charge in [-0.15, -0.1) is 0 Å². The number of hydrogen-bond acceptors (Lipinski definition) is 4. The molecule has 126 valence electrons. The maximum absolute atomic E-state index is 12.3. The third-order valence-corrected chi connectivity index (χ3v) is 5.53. The van der Waals surface area contributed by atoms with Crippen molar-refractivity contribution >= 4 is 33.2 Å². The molecule has 0 radical (unpaired) electrons. The van der Waals surface area contributed by atoms with Crippen LogP contribution in [-0.4, -0.2) is 27.4 Å². The highest BCUT2D eigenvalue weighted by Crippen LogP contribution is 2.21. The first-order chi connectivity index (χ1) is 11.5. The SMILES string of the molecule is O=C(NS(=O)(=O)c1ccc(Cl)cc1)c1cccc(N2CCCC2)c1. The summed E-state index contributed by atoms with van der Waals surface area (Å²) in [4.78, 5) is 14.5. The van der Waals surface area contributed by atoms with E-state index in [4.69, 9.17) is 11.6 Å². The lowest BCUT2D eigenvalue weighted by atomic mass is 10.2. The van der Waals surface area contributed by atoms with Crippen molar-refractivity contribution in [3.8, 4) is 0 Å². The highest BCUT2D eigenvalue weighted by molar-refractivity contribution is 7.90. The van der Waals surface area contributed by atoms with Gasteiger partial charge in [0.1, 0.15) is 0 Å². The van der Waals surface area contributed by atoms with Gasteiger partial charge in [0.05, 0.1) is 4.90 Å². The third kappa shape index (κ3) is 3.71. The van der Waals surface area contributed by atoms with Crippen LogP contribution in [0.2, 0.25) is 5.02 Å². The Kier molecular flexibility index (Phi) is 4.78. The zero-order valence-corrected chi connectivity index (χ0v) is 14.5. The molecule has 3 rings (SSSR count). The van der Waals surface area contributed by atoms with E-state index in [1.165, 1.54) is 24.3 Å². The van der Waals surface area contributed by atoms with Crippen LogP contribution < -0.4 is 9.62 Å². The maximum atomic E-state index is 12.3. The van der Waals surface area contributed by atoms with E-state index in [1.807, 2.05) is 6.07 Å². The molecule has 0 atom stereocenters. The normalized spacial score (nSPS) is 14.6. The van der Waals surface area contributed by atoms with E-state index in [1.54, 1.807) is 18.2 Å². The fourth-order valence-electron chi connectivity index (χ4n) is 2.67. The van der Waals surface area contributed by atoms with Crippen molar-refractivity contribution in [1.29, 1.82) is 0 Å². The van der Waals surface area contributed by atoms with Crippen LogP contribution in [0.15, 0.2) is 53.4 Å². The smallest absolute Gasteiger partial charge is 0.265 e. The van der Waals surface area contributed by atoms with Gasteiger partial charge in [-0.3, -0.25) is 4.79 Å². The second-order valence-electron chi connectivity index (χ2n) is 5.63. The molecule has 2 aromatic rings. The minimum Gasteiger partial charge on any atom is -0.372 e. The van der Waals surface area contributed by atoms with Gasteiger partial charge in [-0.05, 0) is 55.3 Å². The van der Waals surface area contributed by atoms with E-state index in [9.17, 15) is 13.2 Å². The van der Waals surface area contributed by atoms with Crippen LogP contribution in [-0.2, 0) is 10.0 Å². The molecule has 1 saturated heterocycles. The molecular weight excluding hydrogens is 348 g/mol. The summed E-state index contributed by atoms with van der Waals surface area (Å²) in [6, 6.07) is 12.7. The van der Waals surface area contributed by atoms with E-state index in [-0.39, 0.29) is 4.90 Å². The number of halogens is 1. The second kappa shape index (κ2) is 6.83. The Morgan fingerprint density at radius 2 is 1.71 bits per heavy atom. The van der Waals surface area contributed by atoms with Gasteiger partial charge in [0, 0.05) is 29.4 Å². The van der Waals surface area contributed by atoms with Gasteiger partial charge in [0.2, 0.25) is 0 Å². The quantitative estimate of drug-likeness (QED) is 0.905. The Labute approximate surface area is 146 Å². The van der Waals surface area contributed by atoms with Gasteiger partial charge in [0.15, 0.2) is 0 Å². The predicted octanol–water partition coefficient (Wildman–Crippen LogP) is 3.06. The molecule has 0 aromatic heterocycles. The van der Waals surface area contributed by atoms with Crippen LogP contribution in [0.25, 0.3) is 0 Å². The molecule has 0 bridgehead atoms. The van der Waals surface area contributed by atoms with Crippen LogP contribution in [0.1, 0.15) is 23.2 Å². The van der Waals surface area contributed by atoms with Gasteiger partial charge in [0.25, 0.3) is 15.9 Å². The largest absolute Gasteiger partial charge is 0.372 e. The number of anilines is 1. The molecular formula is C17H17ClN2O3S. The van der Waals surface area contributed by atoms with Crippen LogP contribution in [0.3, 0.4) is 0 Å². The summed E-state index contributed by atoms with van der Waals surface area (Å²) in [5.74, 6) is -0.647. The van der Waals surface area contributed by atoms with E-state index < -0.39 is 15.9 Å². The molecule has 1 heterocycles. The minimum absolute atomic E-state index is 0.00375. The molecule has 1 aliphatic rings. The van der Waals surface area contributed by atoms with Gasteiger partial charge in [-0.25, -0.2) is 13.1 Å². The number of hydrogen-bond donors (Lipinski definition) is 1. The molecule has 1 N–H and O–H groups in total. The Balaban J connectivity index is 1.79. The highest BCUT2D eigenvalue weighted by atomic mass is 35.5. The summed E-state index contributed by atoms with van der Waals surface area (Å²) in [6.07, 6.45) is 2.25. The van der Waals surface area contributed by atoms with Gasteiger partial charge in [-0.2, -0.15) is 0 Å². The van der Waals surface area contributed by atoms with Crippen molar-refractivity contribution in [2.75, 3.05) is 18.0 Å². The number of carbonyl (C=O) groups is 1. The molecule has 1 amide bonds. The predicted molar refractivity (Wildman–Crippen MR) is 94.0 cm³/mol. The van der Waals surface area contributed by atoms with E-state index in [2.05, 4.69) is 9.62 Å². The van der Waals surface area contributed by atoms with Crippen molar-refractivity contribution in [3.05, 3.63) is 59.1 Å². The number of sulfonamides is 1.